The van der Waals surface area contributed by atoms with Gasteiger partial charge >= 0.3 is 0 Å². The summed E-state index contributed by atoms with van der Waals surface area (Å²) in [6.45, 7) is 1.81. The van der Waals surface area contributed by atoms with Gasteiger partial charge in [0.05, 0.1) is 22.4 Å². The zero-order valence-corrected chi connectivity index (χ0v) is 15.5. The molecule has 0 saturated heterocycles. The number of hydrogen-bond acceptors (Lipinski definition) is 4. The van der Waals surface area contributed by atoms with Gasteiger partial charge in [0.15, 0.2) is 0 Å². The number of halogens is 1. The van der Waals surface area contributed by atoms with Crippen LogP contribution >= 0.6 is 11.9 Å². The zero-order chi connectivity index (χ0) is 18.7. The first-order chi connectivity index (χ1) is 12.5. The minimum Gasteiger partial charge on any atom is -0.383 e. The number of anilines is 1. The lowest BCUT2D eigenvalue weighted by Gasteiger charge is -2.15. The number of pyridine rings is 1. The quantitative estimate of drug-likeness (QED) is 0.409. The molecule has 0 aliphatic carbocycles. The van der Waals surface area contributed by atoms with E-state index in [-0.39, 0.29) is 5.82 Å². The number of aromatic nitrogens is 2. The molecule has 0 atom stereocenters. The number of H-pyrrole nitrogens is 1. The fraction of sp³-hybridized carbons (Fsp3) is 0.167. The summed E-state index contributed by atoms with van der Waals surface area (Å²) in [6, 6.07) is 7.15. The number of nitrogens with one attached hydrogen (secondary N) is 1. The molecule has 0 unspecified atom stereocenters. The van der Waals surface area contributed by atoms with Gasteiger partial charge in [0, 0.05) is 43.2 Å². The molecule has 0 aliphatic rings. The highest BCUT2D eigenvalue weighted by molar-refractivity contribution is 8.00. The van der Waals surface area contributed by atoms with Crippen LogP contribution in [0.4, 0.5) is 10.1 Å². The first-order valence-electron chi connectivity index (χ1n) is 7.89. The number of fused-ring (bicyclic) bond motifs is 1. The number of amidine groups is 1. The standard InChI is InChI=1S/C18H19FN6S/c1-11-7-14(19)17-13(16(11)18(20)23-10-21-2)8-15(24-17)26-25(3)12-5-4-6-22-9-12/h4-10,24H,1-3H3,(H2,20,21,23). The molecule has 26 heavy (non-hydrogen) atoms. The molecule has 2 aromatic heterocycles. The average molecular weight is 370 g/mol. The Morgan fingerprint density at radius 1 is 1.42 bits per heavy atom. The zero-order valence-electron chi connectivity index (χ0n) is 14.7. The molecule has 0 fully saturated rings. The summed E-state index contributed by atoms with van der Waals surface area (Å²) >= 11 is 1.44. The molecule has 0 bridgehead atoms. The smallest absolute Gasteiger partial charge is 0.147 e. The van der Waals surface area contributed by atoms with Gasteiger partial charge in [-0.1, -0.05) is 0 Å². The monoisotopic (exact) mass is 370 g/mol. The summed E-state index contributed by atoms with van der Waals surface area (Å²) in [5.41, 5.74) is 8.86. The van der Waals surface area contributed by atoms with Crippen molar-refractivity contribution in [3.05, 3.63) is 53.6 Å². The van der Waals surface area contributed by atoms with Crippen LogP contribution in [0.5, 0.6) is 0 Å². The second-order valence-electron chi connectivity index (χ2n) is 5.66. The van der Waals surface area contributed by atoms with Gasteiger partial charge in [-0.25, -0.2) is 9.38 Å². The van der Waals surface area contributed by atoms with E-state index in [1.165, 1.54) is 24.4 Å². The molecule has 0 aliphatic heterocycles. The van der Waals surface area contributed by atoms with Crippen LogP contribution in [-0.4, -0.2) is 36.2 Å². The molecule has 134 valence electrons. The third-order valence-corrected chi connectivity index (χ3v) is 4.75. The number of aliphatic imine (C=N–C) groups is 2. The van der Waals surface area contributed by atoms with Crippen molar-refractivity contribution in [1.82, 2.24) is 9.97 Å². The van der Waals surface area contributed by atoms with Crippen LogP contribution < -0.4 is 10.0 Å². The van der Waals surface area contributed by atoms with Gasteiger partial charge < -0.3 is 15.0 Å². The lowest BCUT2D eigenvalue weighted by molar-refractivity contribution is 0.635. The molecule has 2 heterocycles. The lowest BCUT2D eigenvalue weighted by atomic mass is 10.0. The van der Waals surface area contributed by atoms with Crippen LogP contribution in [0, 0.1) is 12.7 Å². The van der Waals surface area contributed by atoms with Gasteiger partial charge in [-0.3, -0.25) is 9.98 Å². The molecule has 0 radical (unpaired) electrons. The third-order valence-electron chi connectivity index (χ3n) is 3.85. The Morgan fingerprint density at radius 3 is 2.92 bits per heavy atom. The highest BCUT2D eigenvalue weighted by Crippen LogP contribution is 2.32. The first kappa shape index (κ1) is 17.9. The molecule has 3 aromatic rings. The van der Waals surface area contributed by atoms with E-state index in [4.69, 9.17) is 5.73 Å². The number of nitrogens with zero attached hydrogens (tertiary/aromatic N) is 4. The SMILES string of the molecule is CN=CN=C(N)c1c(C)cc(F)c2[nH]c(SN(C)c3cccnc3)cc12. The molecule has 3 rings (SSSR count). The van der Waals surface area contributed by atoms with Crippen molar-refractivity contribution in [1.29, 1.82) is 0 Å². The van der Waals surface area contributed by atoms with Gasteiger partial charge in [0.2, 0.25) is 0 Å². The largest absolute Gasteiger partial charge is 0.383 e. The van der Waals surface area contributed by atoms with Crippen molar-refractivity contribution in [2.75, 3.05) is 18.4 Å². The van der Waals surface area contributed by atoms with Crippen molar-refractivity contribution in [2.24, 2.45) is 15.7 Å². The van der Waals surface area contributed by atoms with Crippen LogP contribution in [0.25, 0.3) is 10.9 Å². The van der Waals surface area contributed by atoms with E-state index in [9.17, 15) is 4.39 Å². The summed E-state index contributed by atoms with van der Waals surface area (Å²) in [6.07, 6.45) is 4.86. The second kappa shape index (κ2) is 7.57. The first-order valence-corrected chi connectivity index (χ1v) is 8.66. The summed E-state index contributed by atoms with van der Waals surface area (Å²) in [5.74, 6) is -0.0247. The third kappa shape index (κ3) is 3.55. The van der Waals surface area contributed by atoms with E-state index < -0.39 is 0 Å². The molecule has 8 heteroatoms. The maximum Gasteiger partial charge on any atom is 0.147 e. The van der Waals surface area contributed by atoms with Gasteiger partial charge in [0.25, 0.3) is 0 Å². The molecule has 3 N–H and O–H groups in total. The fourth-order valence-corrected chi connectivity index (χ4v) is 3.50. The number of nitrogens with two attached hydrogens (primary N) is 1. The van der Waals surface area contributed by atoms with Crippen molar-refractivity contribution >= 4 is 40.7 Å². The minimum atomic E-state index is -0.325. The highest BCUT2D eigenvalue weighted by atomic mass is 32.2. The van der Waals surface area contributed by atoms with Gasteiger partial charge in [-0.05, 0) is 36.8 Å². The van der Waals surface area contributed by atoms with Crippen molar-refractivity contribution < 1.29 is 4.39 Å². The number of hydrogen-bond donors (Lipinski definition) is 2. The van der Waals surface area contributed by atoms with Crippen LogP contribution in [0.2, 0.25) is 0 Å². The minimum absolute atomic E-state index is 0.300. The van der Waals surface area contributed by atoms with Crippen LogP contribution in [0.3, 0.4) is 0 Å². The molecule has 6 nitrogen and oxygen atoms in total. The summed E-state index contributed by atoms with van der Waals surface area (Å²) in [4.78, 5) is 15.2. The van der Waals surface area contributed by atoms with Crippen LogP contribution in [0.15, 0.2) is 51.7 Å². The molecule has 1 aromatic carbocycles. The predicted molar refractivity (Wildman–Crippen MR) is 107 cm³/mol. The van der Waals surface area contributed by atoms with Gasteiger partial charge in [-0.15, -0.1) is 0 Å². The summed E-state index contributed by atoms with van der Waals surface area (Å²) in [7, 11) is 3.53. The summed E-state index contributed by atoms with van der Waals surface area (Å²) in [5, 5.41) is 1.48. The van der Waals surface area contributed by atoms with Crippen molar-refractivity contribution in [3.8, 4) is 0 Å². The van der Waals surface area contributed by atoms with Crippen LogP contribution in [0.1, 0.15) is 11.1 Å². The van der Waals surface area contributed by atoms with E-state index in [2.05, 4.69) is 20.0 Å². The van der Waals surface area contributed by atoms with Gasteiger partial charge in [0.1, 0.15) is 18.0 Å². The average Bonchev–Trinajstić information content (AvgIpc) is 3.04. The Morgan fingerprint density at radius 2 is 2.23 bits per heavy atom. The Balaban J connectivity index is 2.03. The van der Waals surface area contributed by atoms with E-state index >= 15 is 0 Å². The Kier molecular flexibility index (Phi) is 5.22. The van der Waals surface area contributed by atoms with E-state index in [0.29, 0.717) is 22.3 Å². The molecule has 0 saturated carbocycles. The Bertz CT molecular complexity index is 980. The molecule has 0 amide bonds. The number of aromatic amines is 1. The van der Waals surface area contributed by atoms with E-state index in [1.54, 1.807) is 19.4 Å². The Labute approximate surface area is 155 Å². The number of aryl methyl sites for hydroxylation is 1. The fourth-order valence-electron chi connectivity index (χ4n) is 2.68. The number of rotatable bonds is 5. The van der Waals surface area contributed by atoms with E-state index in [0.717, 1.165) is 16.3 Å². The van der Waals surface area contributed by atoms with Crippen molar-refractivity contribution in [3.63, 3.8) is 0 Å². The molecule has 0 spiro atoms. The lowest BCUT2D eigenvalue weighted by Crippen LogP contribution is -2.15. The van der Waals surface area contributed by atoms with Crippen molar-refractivity contribution in [2.45, 2.75) is 11.9 Å². The van der Waals surface area contributed by atoms with E-state index in [1.807, 2.05) is 36.5 Å². The topological polar surface area (TPSA) is 82.7 Å². The Hall–Kier alpha value is -2.87. The maximum absolute atomic E-state index is 14.4. The van der Waals surface area contributed by atoms with Gasteiger partial charge in [-0.2, -0.15) is 0 Å². The molecular weight excluding hydrogens is 351 g/mol. The highest BCUT2D eigenvalue weighted by Gasteiger charge is 2.17. The maximum atomic E-state index is 14.4. The summed E-state index contributed by atoms with van der Waals surface area (Å²) < 4.78 is 16.4. The predicted octanol–water partition coefficient (Wildman–Crippen LogP) is 3.52. The number of benzene rings is 1. The normalized spacial score (nSPS) is 12.2. The second-order valence-corrected chi connectivity index (χ2v) is 6.83. The van der Waals surface area contributed by atoms with Crippen LogP contribution in [-0.2, 0) is 0 Å². The molecular formula is C18H19FN6S.